The molecule has 8 heteroatoms. The molecule has 0 aliphatic carbocycles. The van der Waals surface area contributed by atoms with Crippen LogP contribution >= 0.6 is 0 Å². The van der Waals surface area contributed by atoms with E-state index in [2.05, 4.69) is 0 Å². The number of hydrogen-bond acceptors (Lipinski definition) is 3. The van der Waals surface area contributed by atoms with Crippen LogP contribution in [0, 0.1) is 17.6 Å². The lowest BCUT2D eigenvalue weighted by atomic mass is 10.1. The average Bonchev–Trinajstić information content (AvgIpc) is 2.87. The molecule has 0 radical (unpaired) electrons. The largest absolute Gasteiger partial charge is 0.477 e. The maximum atomic E-state index is 14.1. The van der Waals surface area contributed by atoms with E-state index in [1.54, 1.807) is 0 Å². The monoisotopic (exact) mass is 319 g/mol. The van der Waals surface area contributed by atoms with E-state index in [0.29, 0.717) is 12.5 Å². The van der Waals surface area contributed by atoms with Crippen LogP contribution in [0.2, 0.25) is 0 Å². The van der Waals surface area contributed by atoms with Crippen LogP contribution in [-0.2, 0) is 10.0 Å². The molecule has 0 bridgehead atoms. The van der Waals surface area contributed by atoms with Gasteiger partial charge in [-0.25, -0.2) is 22.0 Å². The van der Waals surface area contributed by atoms with Crippen molar-refractivity contribution in [1.29, 1.82) is 0 Å². The van der Waals surface area contributed by atoms with Crippen LogP contribution in [0.15, 0.2) is 17.0 Å². The van der Waals surface area contributed by atoms with Gasteiger partial charge in [0.1, 0.15) is 16.3 Å². The number of aromatic carboxylic acids is 1. The lowest BCUT2D eigenvalue weighted by Crippen LogP contribution is -2.30. The Labute approximate surface area is 121 Å². The van der Waals surface area contributed by atoms with Gasteiger partial charge in [-0.3, -0.25) is 0 Å². The van der Waals surface area contributed by atoms with Gasteiger partial charge in [-0.2, -0.15) is 4.31 Å². The van der Waals surface area contributed by atoms with Crippen molar-refractivity contribution in [2.24, 2.45) is 5.92 Å². The van der Waals surface area contributed by atoms with E-state index >= 15 is 0 Å². The zero-order valence-corrected chi connectivity index (χ0v) is 12.2. The van der Waals surface area contributed by atoms with E-state index in [0.717, 1.165) is 16.8 Å². The summed E-state index contributed by atoms with van der Waals surface area (Å²) >= 11 is 0. The van der Waals surface area contributed by atoms with Crippen molar-refractivity contribution >= 4 is 16.0 Å². The van der Waals surface area contributed by atoms with E-state index < -0.39 is 38.1 Å². The molecule has 1 aromatic carbocycles. The lowest BCUT2D eigenvalue weighted by Gasteiger charge is -2.17. The maximum Gasteiger partial charge on any atom is 0.341 e. The number of benzene rings is 1. The number of carbonyl (C=O) groups is 1. The van der Waals surface area contributed by atoms with Gasteiger partial charge in [-0.1, -0.05) is 13.3 Å². The lowest BCUT2D eigenvalue weighted by molar-refractivity contribution is 0.0685. The Morgan fingerprint density at radius 2 is 2.10 bits per heavy atom. The fourth-order valence-corrected chi connectivity index (χ4v) is 4.02. The van der Waals surface area contributed by atoms with Crippen LogP contribution in [0.25, 0.3) is 0 Å². The first-order chi connectivity index (χ1) is 9.78. The second-order valence-corrected chi connectivity index (χ2v) is 6.87. The summed E-state index contributed by atoms with van der Waals surface area (Å²) in [7, 11) is -4.16. The molecule has 0 aromatic heterocycles. The second kappa shape index (κ2) is 5.69. The quantitative estimate of drug-likeness (QED) is 0.922. The number of nitrogens with zero attached hydrogens (tertiary/aromatic N) is 1. The Hall–Kier alpha value is -1.54. The van der Waals surface area contributed by atoms with Crippen LogP contribution in [0.4, 0.5) is 8.78 Å². The first kappa shape index (κ1) is 15.8. The summed E-state index contributed by atoms with van der Waals surface area (Å²) in [5.41, 5.74) is -1.25. The Bertz CT molecular complexity index is 675. The van der Waals surface area contributed by atoms with Gasteiger partial charge in [0.25, 0.3) is 0 Å². The number of carboxylic acid groups (broad SMARTS) is 1. The van der Waals surface area contributed by atoms with Gasteiger partial charge >= 0.3 is 5.97 Å². The van der Waals surface area contributed by atoms with Crippen molar-refractivity contribution in [3.05, 3.63) is 29.3 Å². The third-order valence-corrected chi connectivity index (χ3v) is 5.60. The van der Waals surface area contributed by atoms with Gasteiger partial charge in [-0.05, 0) is 24.5 Å². The molecule has 1 saturated heterocycles. The van der Waals surface area contributed by atoms with Crippen molar-refractivity contribution in [3.63, 3.8) is 0 Å². The molecule has 1 aliphatic heterocycles. The number of halogens is 2. The van der Waals surface area contributed by atoms with E-state index in [-0.39, 0.29) is 19.0 Å². The first-order valence-electron chi connectivity index (χ1n) is 6.50. The molecule has 0 amide bonds. The van der Waals surface area contributed by atoms with E-state index in [1.165, 1.54) is 0 Å². The average molecular weight is 319 g/mol. The summed E-state index contributed by atoms with van der Waals surface area (Å²) in [6.07, 6.45) is 1.47. The molecule has 1 atom stereocenters. The highest BCUT2D eigenvalue weighted by Gasteiger charge is 2.35. The highest BCUT2D eigenvalue weighted by molar-refractivity contribution is 7.89. The van der Waals surface area contributed by atoms with Crippen LogP contribution in [0.3, 0.4) is 0 Å². The van der Waals surface area contributed by atoms with E-state index in [1.807, 2.05) is 6.92 Å². The Balaban J connectivity index is 2.47. The predicted molar refractivity (Wildman–Crippen MR) is 70.5 cm³/mol. The number of hydrogen-bond donors (Lipinski definition) is 1. The minimum absolute atomic E-state index is 0.197. The summed E-state index contributed by atoms with van der Waals surface area (Å²) in [5, 5.41) is 8.79. The third kappa shape index (κ3) is 2.77. The number of rotatable bonds is 4. The molecule has 2 rings (SSSR count). The molecule has 1 N–H and O–H groups in total. The fraction of sp³-hybridized carbons (Fsp3) is 0.462. The van der Waals surface area contributed by atoms with Crippen molar-refractivity contribution in [2.45, 2.75) is 24.7 Å². The number of carboxylic acids is 1. The highest BCUT2D eigenvalue weighted by atomic mass is 32.2. The van der Waals surface area contributed by atoms with Gasteiger partial charge < -0.3 is 5.11 Å². The topological polar surface area (TPSA) is 74.7 Å². The van der Waals surface area contributed by atoms with Crippen LogP contribution in [-0.4, -0.2) is 36.9 Å². The molecule has 1 heterocycles. The molecule has 0 spiro atoms. The van der Waals surface area contributed by atoms with Gasteiger partial charge in [0, 0.05) is 13.1 Å². The minimum atomic E-state index is -4.16. The van der Waals surface area contributed by atoms with Gasteiger partial charge in [-0.15, -0.1) is 0 Å². The van der Waals surface area contributed by atoms with Gasteiger partial charge in [0.2, 0.25) is 10.0 Å². The van der Waals surface area contributed by atoms with Crippen molar-refractivity contribution < 1.29 is 27.1 Å². The second-order valence-electron chi connectivity index (χ2n) is 4.97. The van der Waals surface area contributed by atoms with Crippen molar-refractivity contribution in [1.82, 2.24) is 4.31 Å². The van der Waals surface area contributed by atoms with E-state index in [4.69, 9.17) is 5.11 Å². The molecule has 116 valence electrons. The first-order valence-corrected chi connectivity index (χ1v) is 7.94. The summed E-state index contributed by atoms with van der Waals surface area (Å²) < 4.78 is 53.3. The summed E-state index contributed by atoms with van der Waals surface area (Å²) in [6, 6.07) is 1.43. The predicted octanol–water partition coefficient (Wildman–Crippen LogP) is 2.08. The molecule has 1 aliphatic rings. The molecule has 1 unspecified atom stereocenters. The minimum Gasteiger partial charge on any atom is -0.477 e. The molecular formula is C13H15F2NO4S. The molecular weight excluding hydrogens is 304 g/mol. The van der Waals surface area contributed by atoms with E-state index in [9.17, 15) is 22.0 Å². The van der Waals surface area contributed by atoms with Gasteiger partial charge in [0.15, 0.2) is 5.82 Å². The summed E-state index contributed by atoms with van der Waals surface area (Å²) in [4.78, 5) is 10.1. The van der Waals surface area contributed by atoms with Gasteiger partial charge in [0.05, 0.1) is 0 Å². The summed E-state index contributed by atoms with van der Waals surface area (Å²) in [5.74, 6) is -4.49. The van der Waals surface area contributed by atoms with Crippen molar-refractivity contribution in [2.75, 3.05) is 13.1 Å². The molecule has 1 fully saturated rings. The Morgan fingerprint density at radius 1 is 1.43 bits per heavy atom. The normalized spacial score (nSPS) is 19.9. The molecule has 1 aromatic rings. The fourth-order valence-electron chi connectivity index (χ4n) is 2.42. The molecule has 21 heavy (non-hydrogen) atoms. The Kier molecular flexibility index (Phi) is 4.29. The SMILES string of the molecule is CCC1CCN(S(=O)(=O)c2ccc(F)c(C(=O)O)c2F)C1. The van der Waals surface area contributed by atoms with Crippen molar-refractivity contribution in [3.8, 4) is 0 Å². The summed E-state index contributed by atoms with van der Waals surface area (Å²) in [6.45, 7) is 2.44. The van der Waals surface area contributed by atoms with Crippen LogP contribution in [0.1, 0.15) is 30.1 Å². The highest BCUT2D eigenvalue weighted by Crippen LogP contribution is 2.29. The smallest absolute Gasteiger partial charge is 0.341 e. The third-order valence-electron chi connectivity index (χ3n) is 3.71. The van der Waals surface area contributed by atoms with Crippen LogP contribution < -0.4 is 0 Å². The van der Waals surface area contributed by atoms with Crippen LogP contribution in [0.5, 0.6) is 0 Å². The molecule has 0 saturated carbocycles. The zero-order chi connectivity index (χ0) is 15.8. The Morgan fingerprint density at radius 3 is 2.62 bits per heavy atom. The maximum absolute atomic E-state index is 14.1. The number of sulfonamides is 1. The zero-order valence-electron chi connectivity index (χ0n) is 11.3. The standard InChI is InChI=1S/C13H15F2NO4S/c1-2-8-5-6-16(7-8)21(19,20)10-4-3-9(14)11(12(10)15)13(17)18/h3-4,8H,2,5-7H2,1H3,(H,17,18). The molecule has 5 nitrogen and oxygen atoms in total.